The third kappa shape index (κ3) is 2.79. The maximum atomic E-state index is 9.23. The Balaban J connectivity index is 1.99. The summed E-state index contributed by atoms with van der Waals surface area (Å²) in [5.74, 6) is -0.836. The van der Waals surface area contributed by atoms with Gasteiger partial charge < -0.3 is 9.47 Å². The molecule has 21 heavy (non-hydrogen) atoms. The highest BCUT2D eigenvalue weighted by Crippen LogP contribution is 2.36. The smallest absolute Gasteiger partial charge is 0.199 e. The Bertz CT molecular complexity index is 670. The van der Waals surface area contributed by atoms with E-state index >= 15 is 0 Å². The minimum Gasteiger partial charge on any atom is -0.343 e. The monoisotopic (exact) mass is 299 g/mol. The van der Waals surface area contributed by atoms with Crippen LogP contribution in [0.2, 0.25) is 5.02 Å². The normalized spacial score (nSPS) is 16.6. The fourth-order valence-corrected chi connectivity index (χ4v) is 2.69. The van der Waals surface area contributed by atoms with Crippen LogP contribution >= 0.6 is 11.6 Å². The maximum Gasteiger partial charge on any atom is 0.199 e. The van der Waals surface area contributed by atoms with Gasteiger partial charge in [-0.15, -0.1) is 0 Å². The molecule has 0 aliphatic carbocycles. The highest BCUT2D eigenvalue weighted by atomic mass is 35.5. The first-order valence-corrected chi connectivity index (χ1v) is 7.13. The number of halogens is 1. The van der Waals surface area contributed by atoms with Gasteiger partial charge in [-0.1, -0.05) is 41.9 Å². The van der Waals surface area contributed by atoms with Crippen molar-refractivity contribution in [2.24, 2.45) is 0 Å². The lowest BCUT2D eigenvalue weighted by atomic mass is 9.95. The number of hydrogen-bond acceptors (Lipinski definition) is 3. The van der Waals surface area contributed by atoms with E-state index in [2.05, 4.69) is 6.07 Å². The van der Waals surface area contributed by atoms with Gasteiger partial charge in [0.2, 0.25) is 0 Å². The average molecular weight is 300 g/mol. The Hall–Kier alpha value is -1.86. The van der Waals surface area contributed by atoms with Crippen molar-refractivity contribution in [1.29, 1.82) is 5.26 Å². The van der Waals surface area contributed by atoms with Crippen LogP contribution in [-0.4, -0.2) is 13.2 Å². The Morgan fingerprint density at radius 1 is 1.05 bits per heavy atom. The maximum absolute atomic E-state index is 9.23. The van der Waals surface area contributed by atoms with Crippen LogP contribution in [0.15, 0.2) is 48.5 Å². The van der Waals surface area contributed by atoms with E-state index in [0.29, 0.717) is 30.2 Å². The van der Waals surface area contributed by atoms with E-state index in [1.807, 2.05) is 42.5 Å². The molecule has 1 saturated heterocycles. The molecule has 0 N–H and O–H groups in total. The first-order valence-electron chi connectivity index (χ1n) is 6.75. The van der Waals surface area contributed by atoms with Crippen LogP contribution in [0.5, 0.6) is 0 Å². The molecular formula is C17H14ClNO2. The van der Waals surface area contributed by atoms with Crippen molar-refractivity contribution in [1.82, 2.24) is 0 Å². The fraction of sp³-hybridized carbons (Fsp3) is 0.235. The van der Waals surface area contributed by atoms with Crippen LogP contribution in [0, 0.1) is 11.3 Å². The highest BCUT2D eigenvalue weighted by molar-refractivity contribution is 6.30. The van der Waals surface area contributed by atoms with E-state index < -0.39 is 5.79 Å². The predicted octanol–water partition coefficient (Wildman–Crippen LogP) is 3.65. The molecule has 0 radical (unpaired) electrons. The molecule has 0 spiro atoms. The molecule has 1 aliphatic rings. The van der Waals surface area contributed by atoms with Crippen LogP contribution in [0.3, 0.4) is 0 Å². The predicted molar refractivity (Wildman–Crippen MR) is 79.9 cm³/mol. The molecule has 2 aromatic carbocycles. The van der Waals surface area contributed by atoms with Gasteiger partial charge in [-0.2, -0.15) is 5.26 Å². The van der Waals surface area contributed by atoms with Crippen LogP contribution < -0.4 is 0 Å². The lowest BCUT2D eigenvalue weighted by Crippen LogP contribution is -2.30. The molecule has 0 saturated carbocycles. The summed E-state index contributed by atoms with van der Waals surface area (Å²) in [6.07, 6.45) is 0.498. The van der Waals surface area contributed by atoms with E-state index in [1.165, 1.54) is 0 Å². The second kappa shape index (κ2) is 5.87. The Kier molecular flexibility index (Phi) is 3.94. The third-order valence-electron chi connectivity index (χ3n) is 3.60. The van der Waals surface area contributed by atoms with Crippen molar-refractivity contribution < 1.29 is 9.47 Å². The number of hydrogen-bond donors (Lipinski definition) is 0. The molecule has 1 fully saturated rings. The van der Waals surface area contributed by atoms with Crippen molar-refractivity contribution >= 4 is 11.6 Å². The summed E-state index contributed by atoms with van der Waals surface area (Å²) >= 11 is 5.95. The average Bonchev–Trinajstić information content (AvgIpc) is 2.98. The summed E-state index contributed by atoms with van der Waals surface area (Å²) < 4.78 is 11.8. The SMILES string of the molecule is N#Cc1ccccc1CC1(c2ccc(Cl)cc2)OCCO1. The van der Waals surface area contributed by atoms with E-state index in [4.69, 9.17) is 21.1 Å². The van der Waals surface area contributed by atoms with E-state index in [1.54, 1.807) is 6.07 Å². The molecular weight excluding hydrogens is 286 g/mol. The van der Waals surface area contributed by atoms with Crippen molar-refractivity contribution in [2.75, 3.05) is 13.2 Å². The second-order valence-corrected chi connectivity index (χ2v) is 5.34. The first kappa shape index (κ1) is 14.1. The van der Waals surface area contributed by atoms with Gasteiger partial charge in [0.15, 0.2) is 5.79 Å². The van der Waals surface area contributed by atoms with Gasteiger partial charge in [0.25, 0.3) is 0 Å². The van der Waals surface area contributed by atoms with Crippen LogP contribution in [0.4, 0.5) is 0 Å². The number of benzene rings is 2. The molecule has 0 bridgehead atoms. The van der Waals surface area contributed by atoms with E-state index in [-0.39, 0.29) is 0 Å². The number of nitrogens with zero attached hydrogens (tertiary/aromatic N) is 1. The number of ether oxygens (including phenoxy) is 2. The summed E-state index contributed by atoms with van der Waals surface area (Å²) in [7, 11) is 0. The van der Waals surface area contributed by atoms with Gasteiger partial charge in [0, 0.05) is 17.0 Å². The van der Waals surface area contributed by atoms with Crippen LogP contribution in [0.25, 0.3) is 0 Å². The minimum absolute atomic E-state index is 0.498. The van der Waals surface area contributed by atoms with Gasteiger partial charge in [-0.3, -0.25) is 0 Å². The molecule has 0 aromatic heterocycles. The molecule has 0 amide bonds. The third-order valence-corrected chi connectivity index (χ3v) is 3.85. The van der Waals surface area contributed by atoms with Gasteiger partial charge in [0.05, 0.1) is 24.8 Å². The standard InChI is InChI=1S/C17H14ClNO2/c18-16-7-5-15(6-8-16)17(20-9-10-21-17)11-13-3-1-2-4-14(13)12-19/h1-8H,9-11H2. The molecule has 2 aromatic rings. The van der Waals surface area contributed by atoms with Crippen molar-refractivity contribution in [3.8, 4) is 6.07 Å². The quantitative estimate of drug-likeness (QED) is 0.868. The minimum atomic E-state index is -0.836. The van der Waals surface area contributed by atoms with Crippen molar-refractivity contribution in [3.05, 3.63) is 70.2 Å². The van der Waals surface area contributed by atoms with Crippen molar-refractivity contribution in [3.63, 3.8) is 0 Å². The molecule has 3 nitrogen and oxygen atoms in total. The molecule has 106 valence electrons. The zero-order chi connectivity index (χ0) is 14.7. The Labute approximate surface area is 128 Å². The molecule has 1 aliphatic heterocycles. The number of rotatable bonds is 3. The summed E-state index contributed by atoms with van der Waals surface area (Å²) in [6.45, 7) is 1.08. The van der Waals surface area contributed by atoms with E-state index in [9.17, 15) is 5.26 Å². The second-order valence-electron chi connectivity index (χ2n) is 4.90. The highest BCUT2D eigenvalue weighted by Gasteiger charge is 2.39. The summed E-state index contributed by atoms with van der Waals surface area (Å²) in [6, 6.07) is 17.2. The summed E-state index contributed by atoms with van der Waals surface area (Å²) in [4.78, 5) is 0. The van der Waals surface area contributed by atoms with Crippen LogP contribution in [0.1, 0.15) is 16.7 Å². The lowest BCUT2D eigenvalue weighted by Gasteiger charge is -2.28. The molecule has 0 unspecified atom stereocenters. The van der Waals surface area contributed by atoms with Gasteiger partial charge in [0.1, 0.15) is 0 Å². The Morgan fingerprint density at radius 3 is 2.38 bits per heavy atom. The summed E-state index contributed by atoms with van der Waals surface area (Å²) in [5.41, 5.74) is 2.47. The summed E-state index contributed by atoms with van der Waals surface area (Å²) in [5, 5.41) is 9.90. The topological polar surface area (TPSA) is 42.2 Å². The van der Waals surface area contributed by atoms with Gasteiger partial charge >= 0.3 is 0 Å². The zero-order valence-corrected chi connectivity index (χ0v) is 12.1. The first-order chi connectivity index (χ1) is 10.2. The van der Waals surface area contributed by atoms with Crippen LogP contribution in [-0.2, 0) is 21.7 Å². The molecule has 1 heterocycles. The molecule has 4 heteroatoms. The largest absolute Gasteiger partial charge is 0.343 e. The van der Waals surface area contributed by atoms with Crippen molar-refractivity contribution in [2.45, 2.75) is 12.2 Å². The molecule has 3 rings (SSSR count). The fourth-order valence-electron chi connectivity index (χ4n) is 2.56. The van der Waals surface area contributed by atoms with Gasteiger partial charge in [-0.05, 0) is 23.8 Å². The van der Waals surface area contributed by atoms with Gasteiger partial charge in [-0.25, -0.2) is 0 Å². The molecule has 0 atom stereocenters. The number of nitriles is 1. The Morgan fingerprint density at radius 2 is 1.71 bits per heavy atom. The zero-order valence-electron chi connectivity index (χ0n) is 11.4. The lowest BCUT2D eigenvalue weighted by molar-refractivity contribution is -0.164. The van der Waals surface area contributed by atoms with E-state index in [0.717, 1.165) is 11.1 Å².